The average Bonchev–Trinajstić information content (AvgIpc) is 2.78. The molecule has 1 aliphatic rings. The highest BCUT2D eigenvalue weighted by molar-refractivity contribution is 5.41. The van der Waals surface area contributed by atoms with Crippen molar-refractivity contribution in [2.75, 3.05) is 27.2 Å². The fourth-order valence-corrected chi connectivity index (χ4v) is 2.81. The summed E-state index contributed by atoms with van der Waals surface area (Å²) in [6, 6.07) is 3.55. The summed E-state index contributed by atoms with van der Waals surface area (Å²) in [7, 11) is 3.38. The summed E-state index contributed by atoms with van der Waals surface area (Å²) in [5.41, 5.74) is 5.61. The summed E-state index contributed by atoms with van der Waals surface area (Å²) >= 11 is 0. The van der Waals surface area contributed by atoms with E-state index < -0.39 is 11.7 Å². The van der Waals surface area contributed by atoms with E-state index in [2.05, 4.69) is 0 Å². The molecule has 0 amide bonds. The van der Waals surface area contributed by atoms with Gasteiger partial charge in [-0.15, -0.1) is 0 Å². The molecule has 1 fully saturated rings. The Balaban J connectivity index is 2.38. The Morgan fingerprint density at radius 3 is 2.60 bits per heavy atom. The van der Waals surface area contributed by atoms with Crippen LogP contribution in [0.1, 0.15) is 23.6 Å². The van der Waals surface area contributed by atoms with Crippen LogP contribution in [0.25, 0.3) is 0 Å². The van der Waals surface area contributed by atoms with Gasteiger partial charge in [0.15, 0.2) is 0 Å². The smallest absolute Gasteiger partial charge is 0.416 e. The number of likely N-dealkylation sites (tertiary alicyclic amines) is 1. The molecule has 112 valence electrons. The molecule has 0 aromatic heterocycles. The van der Waals surface area contributed by atoms with Crippen molar-refractivity contribution in [3.8, 4) is 5.75 Å². The summed E-state index contributed by atoms with van der Waals surface area (Å²) in [5.74, 6) is 0.803. The number of halogens is 3. The van der Waals surface area contributed by atoms with Crippen LogP contribution in [0, 0.1) is 5.92 Å². The van der Waals surface area contributed by atoms with Gasteiger partial charge in [-0.2, -0.15) is 13.2 Å². The molecule has 1 aliphatic heterocycles. The number of hydrogen-bond donors (Lipinski definition) is 1. The molecule has 0 radical (unpaired) electrons. The minimum absolute atomic E-state index is 0.0826. The Labute approximate surface area is 116 Å². The standard InChI is InChI=1S/C14H19F3N2O/c1-19-8-9(7-18)5-12(19)11-6-10(14(15,16)17)3-4-13(11)20-2/h3-4,6,9,12H,5,7-8,18H2,1-2H3. The maximum absolute atomic E-state index is 12.9. The second kappa shape index (κ2) is 5.61. The van der Waals surface area contributed by atoms with Crippen molar-refractivity contribution in [2.24, 2.45) is 11.7 Å². The Morgan fingerprint density at radius 1 is 1.40 bits per heavy atom. The maximum Gasteiger partial charge on any atom is 0.416 e. The Hall–Kier alpha value is -1.27. The number of alkyl halides is 3. The van der Waals surface area contributed by atoms with Crippen LogP contribution in [0.2, 0.25) is 0 Å². The molecule has 6 heteroatoms. The molecule has 0 saturated carbocycles. The topological polar surface area (TPSA) is 38.5 Å². The van der Waals surface area contributed by atoms with Gasteiger partial charge in [-0.1, -0.05) is 0 Å². The maximum atomic E-state index is 12.9. The van der Waals surface area contributed by atoms with Crippen LogP contribution in [0.4, 0.5) is 13.2 Å². The molecule has 1 aromatic rings. The molecular weight excluding hydrogens is 269 g/mol. The zero-order valence-electron chi connectivity index (χ0n) is 11.6. The third-order valence-electron chi connectivity index (χ3n) is 3.88. The zero-order chi connectivity index (χ0) is 14.9. The Morgan fingerprint density at radius 2 is 2.10 bits per heavy atom. The Bertz CT molecular complexity index is 476. The number of hydrogen-bond acceptors (Lipinski definition) is 3. The number of nitrogens with zero attached hydrogens (tertiary/aromatic N) is 1. The van der Waals surface area contributed by atoms with Crippen molar-refractivity contribution in [3.05, 3.63) is 29.3 Å². The molecule has 2 unspecified atom stereocenters. The molecule has 2 N–H and O–H groups in total. The van der Waals surface area contributed by atoms with Gasteiger partial charge in [0.25, 0.3) is 0 Å². The molecular formula is C14H19F3N2O. The van der Waals surface area contributed by atoms with E-state index in [1.165, 1.54) is 19.2 Å². The molecule has 0 bridgehead atoms. The number of ether oxygens (including phenoxy) is 1. The van der Waals surface area contributed by atoms with Crippen molar-refractivity contribution < 1.29 is 17.9 Å². The quantitative estimate of drug-likeness (QED) is 0.929. The van der Waals surface area contributed by atoms with Crippen LogP contribution in [-0.4, -0.2) is 32.1 Å². The molecule has 0 spiro atoms. The van der Waals surface area contributed by atoms with Crippen molar-refractivity contribution in [1.82, 2.24) is 4.90 Å². The molecule has 2 rings (SSSR count). The minimum atomic E-state index is -4.34. The SMILES string of the molecule is COc1ccc(C(F)(F)F)cc1C1CC(CN)CN1C. The normalized spacial score (nSPS) is 24.1. The van der Waals surface area contributed by atoms with E-state index in [-0.39, 0.29) is 6.04 Å². The summed E-state index contributed by atoms with van der Waals surface area (Å²) in [5, 5.41) is 0. The lowest BCUT2D eigenvalue weighted by molar-refractivity contribution is -0.137. The van der Waals surface area contributed by atoms with Crippen LogP contribution in [0.3, 0.4) is 0 Å². The first kappa shape index (κ1) is 15.1. The summed E-state index contributed by atoms with van der Waals surface area (Å²) in [4.78, 5) is 2.04. The van der Waals surface area contributed by atoms with E-state index in [4.69, 9.17) is 10.5 Å². The van der Waals surface area contributed by atoms with E-state index in [1.807, 2.05) is 11.9 Å². The summed E-state index contributed by atoms with van der Waals surface area (Å²) in [6.45, 7) is 1.34. The second-order valence-corrected chi connectivity index (χ2v) is 5.25. The third-order valence-corrected chi connectivity index (χ3v) is 3.88. The lowest BCUT2D eigenvalue weighted by Crippen LogP contribution is -2.21. The lowest BCUT2D eigenvalue weighted by atomic mass is 9.97. The number of nitrogens with two attached hydrogens (primary N) is 1. The molecule has 2 atom stereocenters. The summed E-state index contributed by atoms with van der Waals surface area (Å²) < 4.78 is 43.8. The van der Waals surface area contributed by atoms with Gasteiger partial charge in [-0.25, -0.2) is 0 Å². The van der Waals surface area contributed by atoms with Gasteiger partial charge < -0.3 is 10.5 Å². The van der Waals surface area contributed by atoms with Crippen molar-refractivity contribution >= 4 is 0 Å². The van der Waals surface area contributed by atoms with Gasteiger partial charge in [-0.05, 0) is 44.1 Å². The van der Waals surface area contributed by atoms with E-state index in [0.29, 0.717) is 23.8 Å². The van der Waals surface area contributed by atoms with Crippen LogP contribution in [0.15, 0.2) is 18.2 Å². The van der Waals surface area contributed by atoms with Crippen LogP contribution >= 0.6 is 0 Å². The zero-order valence-corrected chi connectivity index (χ0v) is 11.6. The van der Waals surface area contributed by atoms with Gasteiger partial charge >= 0.3 is 6.18 Å². The van der Waals surface area contributed by atoms with Gasteiger partial charge in [0.1, 0.15) is 5.75 Å². The molecule has 1 saturated heterocycles. The van der Waals surface area contributed by atoms with Crippen LogP contribution < -0.4 is 10.5 Å². The molecule has 3 nitrogen and oxygen atoms in total. The molecule has 20 heavy (non-hydrogen) atoms. The predicted molar refractivity (Wildman–Crippen MR) is 70.5 cm³/mol. The average molecular weight is 288 g/mol. The predicted octanol–water partition coefficient (Wildman–Crippen LogP) is 2.67. The van der Waals surface area contributed by atoms with E-state index in [9.17, 15) is 13.2 Å². The van der Waals surface area contributed by atoms with E-state index >= 15 is 0 Å². The second-order valence-electron chi connectivity index (χ2n) is 5.25. The molecule has 1 heterocycles. The third kappa shape index (κ3) is 2.91. The van der Waals surface area contributed by atoms with Crippen molar-refractivity contribution in [2.45, 2.75) is 18.6 Å². The Kier molecular flexibility index (Phi) is 4.25. The van der Waals surface area contributed by atoms with E-state index in [0.717, 1.165) is 19.0 Å². The first-order chi connectivity index (χ1) is 9.36. The van der Waals surface area contributed by atoms with Crippen molar-refractivity contribution in [3.63, 3.8) is 0 Å². The monoisotopic (exact) mass is 288 g/mol. The van der Waals surface area contributed by atoms with Crippen molar-refractivity contribution in [1.29, 1.82) is 0 Å². The van der Waals surface area contributed by atoms with E-state index in [1.54, 1.807) is 0 Å². The van der Waals surface area contributed by atoms with Crippen LogP contribution in [0.5, 0.6) is 5.75 Å². The fourth-order valence-electron chi connectivity index (χ4n) is 2.81. The number of methoxy groups -OCH3 is 1. The molecule has 0 aliphatic carbocycles. The highest BCUT2D eigenvalue weighted by Crippen LogP contribution is 2.41. The highest BCUT2D eigenvalue weighted by atomic mass is 19.4. The van der Waals surface area contributed by atoms with Gasteiger partial charge in [0.2, 0.25) is 0 Å². The van der Waals surface area contributed by atoms with Gasteiger partial charge in [0, 0.05) is 18.2 Å². The first-order valence-corrected chi connectivity index (χ1v) is 6.52. The highest BCUT2D eigenvalue weighted by Gasteiger charge is 2.35. The first-order valence-electron chi connectivity index (χ1n) is 6.52. The van der Waals surface area contributed by atoms with Gasteiger partial charge in [-0.3, -0.25) is 4.90 Å². The summed E-state index contributed by atoms with van der Waals surface area (Å²) in [6.07, 6.45) is -3.59. The fraction of sp³-hybridized carbons (Fsp3) is 0.571. The largest absolute Gasteiger partial charge is 0.496 e. The lowest BCUT2D eigenvalue weighted by Gasteiger charge is -2.23. The minimum Gasteiger partial charge on any atom is -0.496 e. The molecule has 1 aromatic carbocycles. The van der Waals surface area contributed by atoms with Gasteiger partial charge in [0.05, 0.1) is 12.7 Å². The number of rotatable bonds is 3. The van der Waals surface area contributed by atoms with Crippen LogP contribution in [-0.2, 0) is 6.18 Å². The number of benzene rings is 1.